The largest absolute Gasteiger partial charge is 0.340 e. The Morgan fingerprint density at radius 3 is 2.09 bits per heavy atom. The average molecular weight is 440 g/mol. The highest BCUT2D eigenvalue weighted by molar-refractivity contribution is 5.83. The van der Waals surface area contributed by atoms with Gasteiger partial charge in [0.1, 0.15) is 11.6 Å². The predicted molar refractivity (Wildman–Crippen MR) is 120 cm³/mol. The number of hydrogen-bond donors (Lipinski definition) is 0. The highest BCUT2D eigenvalue weighted by atomic mass is 19.1. The van der Waals surface area contributed by atoms with E-state index in [1.807, 2.05) is 6.07 Å². The number of likely N-dealkylation sites (tertiary alicyclic amines) is 1. The van der Waals surface area contributed by atoms with Crippen molar-refractivity contribution in [2.24, 2.45) is 11.3 Å². The van der Waals surface area contributed by atoms with E-state index in [1.165, 1.54) is 23.8 Å². The van der Waals surface area contributed by atoms with Gasteiger partial charge in [0.25, 0.3) is 0 Å². The van der Waals surface area contributed by atoms with E-state index in [2.05, 4.69) is 39.0 Å². The van der Waals surface area contributed by atoms with Crippen LogP contribution in [0.4, 0.5) is 8.78 Å². The molecule has 0 N–H and O–H groups in total. The first-order valence-corrected chi connectivity index (χ1v) is 11.7. The van der Waals surface area contributed by atoms with E-state index in [4.69, 9.17) is 0 Å². The van der Waals surface area contributed by atoms with Gasteiger partial charge in [-0.1, -0.05) is 36.4 Å². The molecule has 2 saturated heterocycles. The monoisotopic (exact) mass is 439 g/mol. The molecule has 0 radical (unpaired) electrons. The van der Waals surface area contributed by atoms with E-state index in [0.29, 0.717) is 12.5 Å². The van der Waals surface area contributed by atoms with Crippen LogP contribution in [0.25, 0.3) is 0 Å². The summed E-state index contributed by atoms with van der Waals surface area (Å²) in [7, 11) is 0. The standard InChI is InChI=1S/C26H31F2N3O/c27-23-7-4-8-24(28)21(23)19-29-11-9-26(10-12-29)17-22(26)25(32)31-15-13-30(14-16-31)18-20-5-2-1-3-6-20/h1-8,22H,9-19H2. The van der Waals surface area contributed by atoms with Gasteiger partial charge in [0.05, 0.1) is 0 Å². The predicted octanol–water partition coefficient (Wildman–Crippen LogP) is 3.91. The maximum Gasteiger partial charge on any atom is 0.226 e. The van der Waals surface area contributed by atoms with Gasteiger partial charge in [-0.3, -0.25) is 14.6 Å². The quantitative estimate of drug-likeness (QED) is 0.707. The van der Waals surface area contributed by atoms with Gasteiger partial charge in [0.2, 0.25) is 5.91 Å². The zero-order valence-electron chi connectivity index (χ0n) is 18.5. The van der Waals surface area contributed by atoms with Gasteiger partial charge in [0.15, 0.2) is 0 Å². The number of benzene rings is 2. The van der Waals surface area contributed by atoms with Gasteiger partial charge < -0.3 is 4.90 Å². The van der Waals surface area contributed by atoms with Gasteiger partial charge in [0, 0.05) is 50.7 Å². The second kappa shape index (κ2) is 8.91. The molecule has 2 aromatic carbocycles. The van der Waals surface area contributed by atoms with E-state index in [9.17, 15) is 13.6 Å². The number of halogens is 2. The summed E-state index contributed by atoms with van der Waals surface area (Å²) in [5, 5.41) is 0. The fraction of sp³-hybridized carbons (Fsp3) is 0.500. The fourth-order valence-electron chi connectivity index (χ4n) is 5.50. The number of rotatable bonds is 5. The molecule has 2 heterocycles. The first-order valence-electron chi connectivity index (χ1n) is 11.7. The Balaban J connectivity index is 1.09. The average Bonchev–Trinajstić information content (AvgIpc) is 3.52. The Morgan fingerprint density at radius 2 is 1.44 bits per heavy atom. The Bertz CT molecular complexity index is 931. The maximum absolute atomic E-state index is 14.0. The molecular formula is C26H31F2N3O. The second-order valence-electron chi connectivity index (χ2n) is 9.68. The lowest BCUT2D eigenvalue weighted by atomic mass is 9.90. The summed E-state index contributed by atoms with van der Waals surface area (Å²) in [4.78, 5) is 19.8. The summed E-state index contributed by atoms with van der Waals surface area (Å²) in [5.41, 5.74) is 1.58. The number of amides is 1. The highest BCUT2D eigenvalue weighted by Gasteiger charge is 2.59. The number of carbonyl (C=O) groups is 1. The van der Waals surface area contributed by atoms with Crippen LogP contribution in [0.2, 0.25) is 0 Å². The molecule has 1 atom stereocenters. The third-order valence-corrected chi connectivity index (χ3v) is 7.72. The number of hydrogen-bond acceptors (Lipinski definition) is 3. The molecule has 1 amide bonds. The lowest BCUT2D eigenvalue weighted by Crippen LogP contribution is -2.49. The molecular weight excluding hydrogens is 408 g/mol. The molecule has 2 aromatic rings. The Morgan fingerprint density at radius 1 is 0.812 bits per heavy atom. The molecule has 0 aromatic heterocycles. The van der Waals surface area contributed by atoms with Gasteiger partial charge in [-0.2, -0.15) is 0 Å². The molecule has 3 aliphatic rings. The van der Waals surface area contributed by atoms with Crippen LogP contribution in [-0.4, -0.2) is 59.9 Å². The Kier molecular flexibility index (Phi) is 5.99. The van der Waals surface area contributed by atoms with Gasteiger partial charge in [-0.15, -0.1) is 0 Å². The summed E-state index contributed by atoms with van der Waals surface area (Å²) in [6.45, 7) is 6.27. The third-order valence-electron chi connectivity index (χ3n) is 7.72. The minimum Gasteiger partial charge on any atom is -0.340 e. The van der Waals surface area contributed by atoms with Crippen LogP contribution in [0.5, 0.6) is 0 Å². The minimum absolute atomic E-state index is 0.114. The molecule has 0 bridgehead atoms. The van der Waals surface area contributed by atoms with E-state index < -0.39 is 11.6 Å². The van der Waals surface area contributed by atoms with Crippen molar-refractivity contribution in [1.82, 2.24) is 14.7 Å². The van der Waals surface area contributed by atoms with Crippen molar-refractivity contribution in [2.45, 2.75) is 32.4 Å². The van der Waals surface area contributed by atoms with Crippen molar-refractivity contribution >= 4 is 5.91 Å². The van der Waals surface area contributed by atoms with Crippen LogP contribution in [0.15, 0.2) is 48.5 Å². The molecule has 2 aliphatic heterocycles. The van der Waals surface area contributed by atoms with Crippen LogP contribution in [0, 0.1) is 23.0 Å². The van der Waals surface area contributed by atoms with Gasteiger partial charge >= 0.3 is 0 Å². The highest BCUT2D eigenvalue weighted by Crippen LogP contribution is 2.60. The van der Waals surface area contributed by atoms with E-state index >= 15 is 0 Å². The summed E-state index contributed by atoms with van der Waals surface area (Å²) in [5.74, 6) is -0.499. The maximum atomic E-state index is 14.0. The van der Waals surface area contributed by atoms with Crippen LogP contribution in [0.1, 0.15) is 30.4 Å². The molecule has 1 saturated carbocycles. The van der Waals surface area contributed by atoms with Gasteiger partial charge in [-0.05, 0) is 55.5 Å². The Labute approximate surface area is 188 Å². The van der Waals surface area contributed by atoms with Crippen LogP contribution in [-0.2, 0) is 17.9 Å². The summed E-state index contributed by atoms with van der Waals surface area (Å²) in [6, 6.07) is 14.5. The summed E-state index contributed by atoms with van der Waals surface area (Å²) in [6.07, 6.45) is 2.85. The third kappa shape index (κ3) is 4.44. The molecule has 3 fully saturated rings. The van der Waals surface area contributed by atoms with Crippen molar-refractivity contribution in [2.75, 3.05) is 39.3 Å². The lowest BCUT2D eigenvalue weighted by Gasteiger charge is -2.36. The Hall–Kier alpha value is -2.31. The zero-order valence-corrected chi connectivity index (χ0v) is 18.5. The van der Waals surface area contributed by atoms with E-state index in [1.54, 1.807) is 0 Å². The fourth-order valence-corrected chi connectivity index (χ4v) is 5.50. The van der Waals surface area contributed by atoms with E-state index in [-0.39, 0.29) is 16.9 Å². The molecule has 170 valence electrons. The van der Waals surface area contributed by atoms with Crippen LogP contribution >= 0.6 is 0 Å². The number of piperidine rings is 1. The summed E-state index contributed by atoms with van der Waals surface area (Å²) >= 11 is 0. The van der Waals surface area contributed by atoms with Crippen molar-refractivity contribution < 1.29 is 13.6 Å². The SMILES string of the molecule is O=C(C1CC12CCN(Cc1c(F)cccc1F)CC2)N1CCN(Cc2ccccc2)CC1. The van der Waals surface area contributed by atoms with Crippen molar-refractivity contribution in [3.63, 3.8) is 0 Å². The van der Waals surface area contributed by atoms with Crippen LogP contribution in [0.3, 0.4) is 0 Å². The van der Waals surface area contributed by atoms with Crippen LogP contribution < -0.4 is 0 Å². The summed E-state index contributed by atoms with van der Waals surface area (Å²) < 4.78 is 27.9. The number of piperazine rings is 1. The molecule has 6 heteroatoms. The molecule has 5 rings (SSSR count). The second-order valence-corrected chi connectivity index (χ2v) is 9.68. The first-order chi connectivity index (χ1) is 15.5. The first kappa shape index (κ1) is 21.5. The molecule has 1 aliphatic carbocycles. The zero-order chi connectivity index (χ0) is 22.1. The minimum atomic E-state index is -0.476. The molecule has 1 spiro atoms. The van der Waals surface area contributed by atoms with Gasteiger partial charge in [-0.25, -0.2) is 8.78 Å². The normalized spacial score (nSPS) is 23.4. The topological polar surface area (TPSA) is 26.8 Å². The molecule has 1 unspecified atom stereocenters. The van der Waals surface area contributed by atoms with Crippen molar-refractivity contribution in [1.29, 1.82) is 0 Å². The number of carbonyl (C=O) groups excluding carboxylic acids is 1. The molecule has 4 nitrogen and oxygen atoms in total. The molecule has 32 heavy (non-hydrogen) atoms. The number of nitrogens with zero attached hydrogens (tertiary/aromatic N) is 3. The van der Waals surface area contributed by atoms with Crippen molar-refractivity contribution in [3.8, 4) is 0 Å². The van der Waals surface area contributed by atoms with Crippen molar-refractivity contribution in [3.05, 3.63) is 71.3 Å². The smallest absolute Gasteiger partial charge is 0.226 e. The lowest BCUT2D eigenvalue weighted by molar-refractivity contribution is -0.135. The van der Waals surface area contributed by atoms with E-state index in [0.717, 1.165) is 65.1 Å².